The van der Waals surface area contributed by atoms with Crippen LogP contribution in [0.3, 0.4) is 0 Å². The zero-order valence-electron chi connectivity index (χ0n) is 12.4. The third kappa shape index (κ3) is 3.56. The Balaban J connectivity index is 2.71. The lowest BCUT2D eigenvalue weighted by Gasteiger charge is -2.49. The summed E-state index contributed by atoms with van der Waals surface area (Å²) in [4.78, 5) is 2.40. The second kappa shape index (κ2) is 7.27. The van der Waals surface area contributed by atoms with Gasteiger partial charge < -0.3 is 4.90 Å². The number of hydrazine groups is 1. The van der Waals surface area contributed by atoms with Crippen LogP contribution in [0.2, 0.25) is 0 Å². The van der Waals surface area contributed by atoms with E-state index in [9.17, 15) is 0 Å². The number of rotatable bonds is 7. The zero-order valence-corrected chi connectivity index (χ0v) is 12.4. The van der Waals surface area contributed by atoms with Crippen LogP contribution < -0.4 is 11.3 Å². The average Bonchev–Trinajstić information content (AvgIpc) is 2.36. The molecule has 1 atom stereocenters. The van der Waals surface area contributed by atoms with E-state index in [1.165, 1.54) is 32.1 Å². The number of nitrogens with zero attached hydrogens (tertiary/aromatic N) is 1. The van der Waals surface area contributed by atoms with Crippen molar-refractivity contribution in [1.82, 2.24) is 10.3 Å². The molecule has 0 aromatic carbocycles. The Morgan fingerprint density at radius 1 is 1.44 bits per heavy atom. The molecule has 0 bridgehead atoms. The van der Waals surface area contributed by atoms with Gasteiger partial charge in [-0.3, -0.25) is 11.3 Å². The Labute approximate surface area is 113 Å². The number of hydrogen-bond donors (Lipinski definition) is 2. The second-order valence-electron chi connectivity index (χ2n) is 6.12. The molecule has 1 saturated carbocycles. The Bertz CT molecular complexity index is 242. The van der Waals surface area contributed by atoms with Gasteiger partial charge in [-0.05, 0) is 65.0 Å². The number of allylic oxidation sites excluding steroid dienone is 1. The van der Waals surface area contributed by atoms with Gasteiger partial charge in [-0.2, -0.15) is 0 Å². The van der Waals surface area contributed by atoms with Crippen LogP contribution in [0, 0.1) is 5.92 Å². The highest BCUT2D eigenvalue weighted by Gasteiger charge is 2.42. The standard InChI is InChI=1S/C15H31N3/c1-5-6-7-8-14(17-16)15(18(3)4)11-9-13(2)10-12-15/h5,13-14,17H,1,6-12,16H2,2-4H3. The van der Waals surface area contributed by atoms with Gasteiger partial charge in [0.2, 0.25) is 0 Å². The number of nitrogens with two attached hydrogens (primary N) is 1. The van der Waals surface area contributed by atoms with Crippen LogP contribution in [0.4, 0.5) is 0 Å². The number of nitrogens with one attached hydrogen (secondary N) is 1. The quantitative estimate of drug-likeness (QED) is 0.317. The largest absolute Gasteiger partial charge is 0.302 e. The molecule has 0 aliphatic heterocycles. The van der Waals surface area contributed by atoms with Crippen LogP contribution in [-0.4, -0.2) is 30.6 Å². The third-order valence-electron chi connectivity index (χ3n) is 4.78. The van der Waals surface area contributed by atoms with Crippen molar-refractivity contribution in [2.45, 2.75) is 63.5 Å². The van der Waals surface area contributed by atoms with E-state index >= 15 is 0 Å². The van der Waals surface area contributed by atoms with Gasteiger partial charge in [0.15, 0.2) is 0 Å². The fraction of sp³-hybridized carbons (Fsp3) is 0.867. The lowest BCUT2D eigenvalue weighted by atomic mass is 9.71. The molecule has 0 radical (unpaired) electrons. The number of hydrogen-bond acceptors (Lipinski definition) is 3. The summed E-state index contributed by atoms with van der Waals surface area (Å²) in [5.74, 6) is 6.71. The number of likely N-dealkylation sites (N-methyl/N-ethyl adjacent to an activating group) is 1. The van der Waals surface area contributed by atoms with Crippen molar-refractivity contribution in [3.8, 4) is 0 Å². The molecule has 1 unspecified atom stereocenters. The van der Waals surface area contributed by atoms with Gasteiger partial charge in [-0.25, -0.2) is 0 Å². The van der Waals surface area contributed by atoms with Gasteiger partial charge in [-0.1, -0.05) is 13.0 Å². The fourth-order valence-corrected chi connectivity index (χ4v) is 3.34. The van der Waals surface area contributed by atoms with Crippen molar-refractivity contribution in [3.05, 3.63) is 12.7 Å². The minimum Gasteiger partial charge on any atom is -0.302 e. The molecule has 3 heteroatoms. The molecular formula is C15H31N3. The highest BCUT2D eigenvalue weighted by atomic mass is 15.3. The molecule has 0 saturated heterocycles. The summed E-state index contributed by atoms with van der Waals surface area (Å²) in [6.07, 6.45) is 10.5. The van der Waals surface area contributed by atoms with Gasteiger partial charge in [0.05, 0.1) is 0 Å². The maximum atomic E-state index is 5.84. The van der Waals surface area contributed by atoms with Crippen LogP contribution in [-0.2, 0) is 0 Å². The highest BCUT2D eigenvalue weighted by Crippen LogP contribution is 2.38. The molecule has 0 amide bonds. The maximum Gasteiger partial charge on any atom is 0.0394 e. The van der Waals surface area contributed by atoms with E-state index in [4.69, 9.17) is 5.84 Å². The van der Waals surface area contributed by atoms with E-state index in [2.05, 4.69) is 37.9 Å². The summed E-state index contributed by atoms with van der Waals surface area (Å²) in [5, 5.41) is 0. The summed E-state index contributed by atoms with van der Waals surface area (Å²) >= 11 is 0. The predicted molar refractivity (Wildman–Crippen MR) is 79.2 cm³/mol. The molecule has 3 nitrogen and oxygen atoms in total. The average molecular weight is 253 g/mol. The van der Waals surface area contributed by atoms with Gasteiger partial charge in [-0.15, -0.1) is 6.58 Å². The van der Waals surface area contributed by atoms with Gasteiger partial charge in [0.25, 0.3) is 0 Å². The molecular weight excluding hydrogens is 222 g/mol. The van der Waals surface area contributed by atoms with E-state index in [1.807, 2.05) is 6.08 Å². The van der Waals surface area contributed by atoms with Gasteiger partial charge in [0, 0.05) is 11.6 Å². The van der Waals surface area contributed by atoms with Crippen molar-refractivity contribution in [2.75, 3.05) is 14.1 Å². The van der Waals surface area contributed by atoms with Crippen molar-refractivity contribution >= 4 is 0 Å². The summed E-state index contributed by atoms with van der Waals surface area (Å²) in [5.41, 5.74) is 3.33. The summed E-state index contributed by atoms with van der Waals surface area (Å²) in [6.45, 7) is 6.16. The Kier molecular flexibility index (Phi) is 6.33. The van der Waals surface area contributed by atoms with Crippen LogP contribution in [0.1, 0.15) is 51.9 Å². The smallest absolute Gasteiger partial charge is 0.0394 e. The molecule has 0 heterocycles. The van der Waals surface area contributed by atoms with Crippen molar-refractivity contribution in [1.29, 1.82) is 0 Å². The van der Waals surface area contributed by atoms with Crippen molar-refractivity contribution in [3.63, 3.8) is 0 Å². The molecule has 1 fully saturated rings. The second-order valence-corrected chi connectivity index (χ2v) is 6.12. The van der Waals surface area contributed by atoms with Crippen LogP contribution in [0.5, 0.6) is 0 Å². The third-order valence-corrected chi connectivity index (χ3v) is 4.78. The lowest BCUT2D eigenvalue weighted by Crippen LogP contribution is -2.61. The lowest BCUT2D eigenvalue weighted by molar-refractivity contribution is 0.0397. The molecule has 106 valence electrons. The molecule has 0 aromatic rings. The van der Waals surface area contributed by atoms with Crippen LogP contribution in [0.25, 0.3) is 0 Å². The number of unbranched alkanes of at least 4 members (excludes halogenated alkanes) is 1. The van der Waals surface area contributed by atoms with Crippen molar-refractivity contribution < 1.29 is 0 Å². The van der Waals surface area contributed by atoms with Crippen molar-refractivity contribution in [2.24, 2.45) is 11.8 Å². The van der Waals surface area contributed by atoms with E-state index in [-0.39, 0.29) is 5.54 Å². The maximum absolute atomic E-state index is 5.84. The first-order valence-corrected chi connectivity index (χ1v) is 7.31. The van der Waals surface area contributed by atoms with Crippen LogP contribution in [0.15, 0.2) is 12.7 Å². The van der Waals surface area contributed by atoms with E-state index < -0.39 is 0 Å². The van der Waals surface area contributed by atoms with Crippen LogP contribution >= 0.6 is 0 Å². The Hall–Kier alpha value is -0.380. The SMILES string of the molecule is C=CCCCC(NN)C1(N(C)C)CCC(C)CC1. The Morgan fingerprint density at radius 2 is 2.06 bits per heavy atom. The summed E-state index contributed by atoms with van der Waals surface area (Å²) < 4.78 is 0. The minimum absolute atomic E-state index is 0.239. The van der Waals surface area contributed by atoms with Gasteiger partial charge in [0.1, 0.15) is 0 Å². The molecule has 3 N–H and O–H groups in total. The summed E-state index contributed by atoms with van der Waals surface area (Å²) in [7, 11) is 4.40. The molecule has 1 aliphatic carbocycles. The van der Waals surface area contributed by atoms with E-state index in [0.717, 1.165) is 18.8 Å². The first kappa shape index (κ1) is 15.7. The highest BCUT2D eigenvalue weighted by molar-refractivity contribution is 5.00. The minimum atomic E-state index is 0.239. The molecule has 0 aromatic heterocycles. The molecule has 18 heavy (non-hydrogen) atoms. The molecule has 1 aliphatic rings. The first-order valence-electron chi connectivity index (χ1n) is 7.31. The van der Waals surface area contributed by atoms with E-state index in [1.54, 1.807) is 0 Å². The molecule has 0 spiro atoms. The molecule has 1 rings (SSSR count). The van der Waals surface area contributed by atoms with E-state index in [0.29, 0.717) is 6.04 Å². The Morgan fingerprint density at radius 3 is 2.50 bits per heavy atom. The fourth-order valence-electron chi connectivity index (χ4n) is 3.34. The predicted octanol–water partition coefficient (Wildman–Crippen LogP) is 2.69. The first-order chi connectivity index (χ1) is 8.56. The topological polar surface area (TPSA) is 41.3 Å². The zero-order chi connectivity index (χ0) is 13.6. The summed E-state index contributed by atoms with van der Waals surface area (Å²) in [6, 6.07) is 0.389. The van der Waals surface area contributed by atoms with Gasteiger partial charge >= 0.3 is 0 Å². The monoisotopic (exact) mass is 253 g/mol. The normalized spacial score (nSPS) is 30.4.